The van der Waals surface area contributed by atoms with Gasteiger partial charge in [-0.1, -0.05) is 0 Å². The van der Waals surface area contributed by atoms with Gasteiger partial charge in [-0.15, -0.1) is 0 Å². The maximum absolute atomic E-state index is 3.22. The summed E-state index contributed by atoms with van der Waals surface area (Å²) in [7, 11) is 0. The van der Waals surface area contributed by atoms with Gasteiger partial charge in [-0.2, -0.15) is 0 Å². The van der Waals surface area contributed by atoms with Gasteiger partial charge in [-0.05, 0) is 49.9 Å². The highest BCUT2D eigenvalue weighted by atomic mass is 14.7. The average molecular weight is 188 g/mol. The van der Waals surface area contributed by atoms with Crippen LogP contribution in [0.25, 0.3) is 0 Å². The van der Waals surface area contributed by atoms with E-state index in [2.05, 4.69) is 34.2 Å². The smallest absolute Gasteiger partial charge is 0.0147 e. The molecule has 0 atom stereocenters. The van der Waals surface area contributed by atoms with Crippen LogP contribution < -0.4 is 0 Å². The van der Waals surface area contributed by atoms with Crippen LogP contribution in [0.4, 0.5) is 0 Å². The Morgan fingerprint density at radius 2 is 1.29 bits per heavy atom. The first-order chi connectivity index (χ1) is 6.95. The van der Waals surface area contributed by atoms with Gasteiger partial charge >= 0.3 is 0 Å². The summed E-state index contributed by atoms with van der Waals surface area (Å²) in [4.78, 5) is 6.45. The molecule has 0 aliphatic rings. The van der Waals surface area contributed by atoms with Crippen molar-refractivity contribution in [2.75, 3.05) is 0 Å². The largest absolute Gasteiger partial charge is 0.365 e. The first-order valence-corrected chi connectivity index (χ1v) is 5.20. The van der Waals surface area contributed by atoms with Gasteiger partial charge in [-0.25, -0.2) is 0 Å². The van der Waals surface area contributed by atoms with E-state index in [-0.39, 0.29) is 0 Å². The Labute approximate surface area is 84.4 Å². The van der Waals surface area contributed by atoms with E-state index < -0.39 is 0 Å². The van der Waals surface area contributed by atoms with E-state index in [4.69, 9.17) is 0 Å². The van der Waals surface area contributed by atoms with E-state index >= 15 is 0 Å². The van der Waals surface area contributed by atoms with Crippen molar-refractivity contribution in [2.24, 2.45) is 0 Å². The van der Waals surface area contributed by atoms with Gasteiger partial charge < -0.3 is 9.97 Å². The van der Waals surface area contributed by atoms with Gasteiger partial charge in [0.05, 0.1) is 0 Å². The van der Waals surface area contributed by atoms with Crippen LogP contribution in [0.2, 0.25) is 0 Å². The normalized spacial score (nSPS) is 10.6. The van der Waals surface area contributed by atoms with Crippen molar-refractivity contribution < 1.29 is 0 Å². The van der Waals surface area contributed by atoms with Gasteiger partial charge in [0.25, 0.3) is 0 Å². The number of aromatic amines is 2. The standard InChI is InChI=1S/C12H16N2/c1(5-11-7-3-9-13-11)2-6-12-8-4-10-14-12/h3-4,7-10,13-14H,1-2,5-6H2. The minimum absolute atomic E-state index is 1.16. The molecule has 14 heavy (non-hydrogen) atoms. The lowest BCUT2D eigenvalue weighted by Crippen LogP contribution is -1.89. The van der Waals surface area contributed by atoms with Gasteiger partial charge in [0.1, 0.15) is 0 Å². The van der Waals surface area contributed by atoms with E-state index in [9.17, 15) is 0 Å². The molecule has 0 aliphatic heterocycles. The molecule has 2 rings (SSSR count). The second-order valence-corrected chi connectivity index (χ2v) is 3.60. The summed E-state index contributed by atoms with van der Waals surface area (Å²) in [5.74, 6) is 0. The molecule has 2 N–H and O–H groups in total. The summed E-state index contributed by atoms with van der Waals surface area (Å²) >= 11 is 0. The van der Waals surface area contributed by atoms with Crippen LogP contribution in [-0.2, 0) is 12.8 Å². The van der Waals surface area contributed by atoms with Crippen LogP contribution in [-0.4, -0.2) is 9.97 Å². The molecule has 0 amide bonds. The molecule has 2 aromatic heterocycles. The molecule has 0 saturated heterocycles. The molecule has 0 unspecified atom stereocenters. The Morgan fingerprint density at radius 3 is 1.64 bits per heavy atom. The van der Waals surface area contributed by atoms with Crippen LogP contribution in [0.3, 0.4) is 0 Å². The zero-order chi connectivity index (χ0) is 9.64. The Bertz CT molecular complexity index is 296. The number of H-pyrrole nitrogens is 2. The molecule has 0 fully saturated rings. The summed E-state index contributed by atoms with van der Waals surface area (Å²) in [6.45, 7) is 0. The topological polar surface area (TPSA) is 31.6 Å². The summed E-state index contributed by atoms with van der Waals surface area (Å²) in [5, 5.41) is 0. The van der Waals surface area contributed by atoms with Crippen LogP contribution in [0, 0.1) is 0 Å². The Balaban J connectivity index is 1.65. The van der Waals surface area contributed by atoms with Crippen LogP contribution in [0.5, 0.6) is 0 Å². The van der Waals surface area contributed by atoms with Crippen molar-refractivity contribution in [2.45, 2.75) is 25.7 Å². The predicted molar refractivity (Wildman–Crippen MR) is 58.2 cm³/mol. The maximum atomic E-state index is 3.22. The molecule has 74 valence electrons. The van der Waals surface area contributed by atoms with Crippen molar-refractivity contribution >= 4 is 0 Å². The summed E-state index contributed by atoms with van der Waals surface area (Å²) in [5.41, 5.74) is 2.69. The fourth-order valence-electron chi connectivity index (χ4n) is 1.68. The number of aryl methyl sites for hydroxylation is 2. The van der Waals surface area contributed by atoms with E-state index in [0.29, 0.717) is 0 Å². The lowest BCUT2D eigenvalue weighted by molar-refractivity contribution is 0.717. The third kappa shape index (κ3) is 2.52. The highest BCUT2D eigenvalue weighted by molar-refractivity contribution is 5.05. The molecule has 0 aliphatic carbocycles. The number of nitrogens with one attached hydrogen (secondary N) is 2. The highest BCUT2D eigenvalue weighted by Gasteiger charge is 1.95. The molecule has 0 aromatic carbocycles. The summed E-state index contributed by atoms with van der Waals surface area (Å²) in [6, 6.07) is 8.41. The molecule has 0 bridgehead atoms. The molecule has 0 saturated carbocycles. The van der Waals surface area contributed by atoms with Crippen molar-refractivity contribution in [3.63, 3.8) is 0 Å². The molecular weight excluding hydrogens is 172 g/mol. The first kappa shape index (κ1) is 9.13. The number of hydrogen-bond acceptors (Lipinski definition) is 0. The van der Waals surface area contributed by atoms with Crippen molar-refractivity contribution in [3.8, 4) is 0 Å². The number of hydrogen-bond donors (Lipinski definition) is 2. The fourth-order valence-corrected chi connectivity index (χ4v) is 1.68. The Hall–Kier alpha value is -1.44. The maximum Gasteiger partial charge on any atom is 0.0147 e. The highest BCUT2D eigenvalue weighted by Crippen LogP contribution is 2.06. The van der Waals surface area contributed by atoms with E-state index in [0.717, 1.165) is 12.8 Å². The van der Waals surface area contributed by atoms with Gasteiger partial charge in [0.2, 0.25) is 0 Å². The average Bonchev–Trinajstić information content (AvgIpc) is 2.86. The van der Waals surface area contributed by atoms with E-state index in [1.54, 1.807) is 0 Å². The van der Waals surface area contributed by atoms with Gasteiger partial charge in [0.15, 0.2) is 0 Å². The van der Waals surface area contributed by atoms with Gasteiger partial charge in [-0.3, -0.25) is 0 Å². The SMILES string of the molecule is c1c[nH]c(CCCCc2ccc[nH]2)c1. The molecule has 2 heterocycles. The van der Waals surface area contributed by atoms with Crippen molar-refractivity contribution in [1.29, 1.82) is 0 Å². The third-order valence-electron chi connectivity index (χ3n) is 2.47. The fraction of sp³-hybridized carbons (Fsp3) is 0.333. The number of unbranched alkanes of at least 4 members (excludes halogenated alkanes) is 1. The monoisotopic (exact) mass is 188 g/mol. The lowest BCUT2D eigenvalue weighted by atomic mass is 10.1. The van der Waals surface area contributed by atoms with E-state index in [1.807, 2.05) is 12.4 Å². The van der Waals surface area contributed by atoms with Crippen LogP contribution in [0.15, 0.2) is 36.7 Å². The second-order valence-electron chi connectivity index (χ2n) is 3.60. The molecule has 0 spiro atoms. The summed E-state index contributed by atoms with van der Waals surface area (Å²) in [6.07, 6.45) is 8.79. The Morgan fingerprint density at radius 1 is 0.786 bits per heavy atom. The van der Waals surface area contributed by atoms with E-state index in [1.165, 1.54) is 24.2 Å². The number of aromatic nitrogens is 2. The quantitative estimate of drug-likeness (QED) is 0.676. The molecule has 2 heteroatoms. The molecule has 0 radical (unpaired) electrons. The summed E-state index contributed by atoms with van der Waals surface area (Å²) < 4.78 is 0. The van der Waals surface area contributed by atoms with Crippen molar-refractivity contribution in [3.05, 3.63) is 48.0 Å². The lowest BCUT2D eigenvalue weighted by Gasteiger charge is -1.98. The van der Waals surface area contributed by atoms with Crippen molar-refractivity contribution in [1.82, 2.24) is 9.97 Å². The first-order valence-electron chi connectivity index (χ1n) is 5.20. The molecule has 2 nitrogen and oxygen atoms in total. The third-order valence-corrected chi connectivity index (χ3v) is 2.47. The van der Waals surface area contributed by atoms with Gasteiger partial charge in [0, 0.05) is 23.8 Å². The van der Waals surface area contributed by atoms with Crippen LogP contribution in [0.1, 0.15) is 24.2 Å². The minimum Gasteiger partial charge on any atom is -0.365 e. The predicted octanol–water partition coefficient (Wildman–Crippen LogP) is 2.91. The molecule has 2 aromatic rings. The second kappa shape index (κ2) is 4.70. The Kier molecular flexibility index (Phi) is 3.06. The number of rotatable bonds is 5. The zero-order valence-electron chi connectivity index (χ0n) is 8.29. The zero-order valence-corrected chi connectivity index (χ0v) is 8.29. The molecular formula is C12H16N2. The minimum atomic E-state index is 1.16. The van der Waals surface area contributed by atoms with Crippen LogP contribution >= 0.6 is 0 Å².